The van der Waals surface area contributed by atoms with E-state index in [1.807, 2.05) is 9.80 Å². The van der Waals surface area contributed by atoms with Crippen molar-refractivity contribution in [2.75, 3.05) is 32.7 Å². The van der Waals surface area contributed by atoms with Crippen LogP contribution in [0.5, 0.6) is 0 Å². The van der Waals surface area contributed by atoms with Crippen LogP contribution in [0.4, 0.5) is 4.79 Å². The van der Waals surface area contributed by atoms with Gasteiger partial charge in [-0.05, 0) is 0 Å². The average molecular weight is 193 g/mol. The minimum Gasteiger partial charge on any atom is -0.322 e. The maximum atomic E-state index is 11.8. The van der Waals surface area contributed by atoms with Crippen LogP contribution in [0.25, 0.3) is 0 Å². The van der Waals surface area contributed by atoms with Gasteiger partial charge in [0, 0.05) is 39.1 Å². The summed E-state index contributed by atoms with van der Waals surface area (Å²) in [6.45, 7) is 4.18. The Bertz CT molecular complexity index is 271. The minimum absolute atomic E-state index is 0.159. The molecule has 2 rings (SSSR count). The highest BCUT2D eigenvalue weighted by Crippen LogP contribution is 2.17. The van der Waals surface area contributed by atoms with Crippen molar-refractivity contribution in [3.8, 4) is 12.3 Å². The Morgan fingerprint density at radius 2 is 2.50 bits per heavy atom. The number of nitrogens with zero attached hydrogens (tertiary/aromatic N) is 2. The maximum Gasteiger partial charge on any atom is 0.320 e. The maximum absolute atomic E-state index is 11.8. The number of hydrogen-bond acceptors (Lipinski definition) is 2. The van der Waals surface area contributed by atoms with E-state index in [9.17, 15) is 4.79 Å². The molecule has 1 N–H and O–H groups in total. The Labute approximate surface area is 84.2 Å². The number of carbonyl (C=O) groups is 1. The Kier molecular flexibility index (Phi) is 2.60. The third-order valence-electron chi connectivity index (χ3n) is 2.82. The molecule has 0 radical (unpaired) electrons. The first-order chi connectivity index (χ1) is 6.83. The van der Waals surface area contributed by atoms with Gasteiger partial charge in [0.05, 0.1) is 6.04 Å². The zero-order chi connectivity index (χ0) is 9.97. The van der Waals surface area contributed by atoms with Crippen molar-refractivity contribution in [3.63, 3.8) is 0 Å². The van der Waals surface area contributed by atoms with Crippen LogP contribution in [0, 0.1) is 12.3 Å². The smallest absolute Gasteiger partial charge is 0.320 e. The summed E-state index contributed by atoms with van der Waals surface area (Å²) in [7, 11) is 0. The van der Waals surface area contributed by atoms with Crippen molar-refractivity contribution in [1.82, 2.24) is 15.1 Å². The van der Waals surface area contributed by atoms with Crippen LogP contribution >= 0.6 is 0 Å². The van der Waals surface area contributed by atoms with Crippen molar-refractivity contribution in [2.24, 2.45) is 0 Å². The van der Waals surface area contributed by atoms with Gasteiger partial charge >= 0.3 is 6.03 Å². The molecule has 0 spiro atoms. The first kappa shape index (κ1) is 9.35. The lowest BCUT2D eigenvalue weighted by atomic mass is 10.2. The van der Waals surface area contributed by atoms with Crippen LogP contribution in [0.3, 0.4) is 0 Å². The largest absolute Gasteiger partial charge is 0.322 e. The van der Waals surface area contributed by atoms with Gasteiger partial charge in [-0.25, -0.2) is 4.79 Å². The van der Waals surface area contributed by atoms with E-state index < -0.39 is 0 Å². The highest BCUT2D eigenvalue weighted by Gasteiger charge is 2.37. The second kappa shape index (κ2) is 3.89. The third-order valence-corrected chi connectivity index (χ3v) is 2.82. The number of hydrogen-bond donors (Lipinski definition) is 1. The van der Waals surface area contributed by atoms with Gasteiger partial charge in [0.1, 0.15) is 0 Å². The van der Waals surface area contributed by atoms with E-state index in [2.05, 4.69) is 11.2 Å². The summed E-state index contributed by atoms with van der Waals surface area (Å²) in [5.74, 6) is 2.57. The van der Waals surface area contributed by atoms with Crippen LogP contribution in [0.2, 0.25) is 0 Å². The summed E-state index contributed by atoms with van der Waals surface area (Å²) in [6.07, 6.45) is 5.84. The fourth-order valence-electron chi connectivity index (χ4n) is 2.08. The lowest BCUT2D eigenvalue weighted by molar-refractivity contribution is 0.179. The molecule has 0 bridgehead atoms. The van der Waals surface area contributed by atoms with Gasteiger partial charge in [0.25, 0.3) is 0 Å². The van der Waals surface area contributed by atoms with E-state index in [1.54, 1.807) is 0 Å². The van der Waals surface area contributed by atoms with Gasteiger partial charge in [0.2, 0.25) is 0 Å². The molecule has 2 fully saturated rings. The van der Waals surface area contributed by atoms with Crippen molar-refractivity contribution >= 4 is 6.03 Å². The van der Waals surface area contributed by atoms with Crippen LogP contribution in [-0.4, -0.2) is 54.6 Å². The zero-order valence-corrected chi connectivity index (χ0v) is 8.20. The third kappa shape index (κ3) is 1.55. The molecule has 2 heterocycles. The first-order valence-corrected chi connectivity index (χ1v) is 5.02. The summed E-state index contributed by atoms with van der Waals surface area (Å²) in [4.78, 5) is 15.6. The summed E-state index contributed by atoms with van der Waals surface area (Å²) in [6, 6.07) is 0.515. The monoisotopic (exact) mass is 193 g/mol. The Morgan fingerprint density at radius 1 is 1.64 bits per heavy atom. The van der Waals surface area contributed by atoms with E-state index in [0.717, 1.165) is 26.2 Å². The fourth-order valence-corrected chi connectivity index (χ4v) is 2.08. The summed E-state index contributed by atoms with van der Waals surface area (Å²) < 4.78 is 0. The SMILES string of the molecule is C#CCCN1CC2CNCCN2C1=O. The second-order valence-electron chi connectivity index (χ2n) is 3.73. The topological polar surface area (TPSA) is 35.6 Å². The molecule has 2 amide bonds. The highest BCUT2D eigenvalue weighted by molar-refractivity contribution is 5.77. The Balaban J connectivity index is 1.96. The average Bonchev–Trinajstić information content (AvgIpc) is 2.54. The number of carbonyl (C=O) groups excluding carboxylic acids is 1. The normalized spacial score (nSPS) is 26.2. The second-order valence-corrected chi connectivity index (χ2v) is 3.73. The molecule has 4 heteroatoms. The van der Waals surface area contributed by atoms with Gasteiger partial charge in [-0.15, -0.1) is 12.3 Å². The summed E-state index contributed by atoms with van der Waals surface area (Å²) in [5, 5.41) is 3.29. The molecule has 0 saturated carbocycles. The number of terminal acetylenes is 1. The van der Waals surface area contributed by atoms with Crippen LogP contribution in [-0.2, 0) is 0 Å². The predicted octanol–water partition coefficient (Wildman–Crippen LogP) is -0.281. The summed E-state index contributed by atoms with van der Waals surface area (Å²) >= 11 is 0. The highest BCUT2D eigenvalue weighted by atomic mass is 16.2. The number of rotatable bonds is 2. The van der Waals surface area contributed by atoms with Gasteiger partial charge in [-0.1, -0.05) is 0 Å². The van der Waals surface area contributed by atoms with Crippen molar-refractivity contribution in [1.29, 1.82) is 0 Å². The van der Waals surface area contributed by atoms with E-state index in [-0.39, 0.29) is 6.03 Å². The first-order valence-electron chi connectivity index (χ1n) is 5.02. The number of nitrogens with one attached hydrogen (secondary N) is 1. The van der Waals surface area contributed by atoms with Gasteiger partial charge in [0.15, 0.2) is 0 Å². The minimum atomic E-state index is 0.159. The molecule has 1 unspecified atom stereocenters. The molecule has 2 saturated heterocycles. The lowest BCUT2D eigenvalue weighted by Gasteiger charge is -2.28. The van der Waals surface area contributed by atoms with Crippen molar-refractivity contribution in [3.05, 3.63) is 0 Å². The molecular weight excluding hydrogens is 178 g/mol. The van der Waals surface area contributed by atoms with Gasteiger partial charge in [-0.3, -0.25) is 0 Å². The Morgan fingerprint density at radius 3 is 3.21 bits per heavy atom. The molecule has 0 aliphatic carbocycles. The quantitative estimate of drug-likeness (QED) is 0.612. The van der Waals surface area contributed by atoms with E-state index in [4.69, 9.17) is 6.42 Å². The molecule has 2 aliphatic rings. The van der Waals surface area contributed by atoms with E-state index >= 15 is 0 Å². The van der Waals surface area contributed by atoms with Crippen LogP contribution in [0.15, 0.2) is 0 Å². The zero-order valence-electron chi connectivity index (χ0n) is 8.20. The van der Waals surface area contributed by atoms with Gasteiger partial charge < -0.3 is 15.1 Å². The van der Waals surface area contributed by atoms with E-state index in [1.165, 1.54) is 0 Å². The number of fused-ring (bicyclic) bond motifs is 1. The molecule has 0 aromatic carbocycles. The number of amides is 2. The Hall–Kier alpha value is -1.21. The molecule has 4 nitrogen and oxygen atoms in total. The van der Waals surface area contributed by atoms with Crippen molar-refractivity contribution < 1.29 is 4.79 Å². The fraction of sp³-hybridized carbons (Fsp3) is 0.700. The number of urea groups is 1. The van der Waals surface area contributed by atoms with E-state index in [0.29, 0.717) is 19.0 Å². The molecule has 76 valence electrons. The van der Waals surface area contributed by atoms with Crippen molar-refractivity contribution in [2.45, 2.75) is 12.5 Å². The molecule has 0 aromatic heterocycles. The molecular formula is C10H15N3O. The molecule has 14 heavy (non-hydrogen) atoms. The van der Waals surface area contributed by atoms with Crippen LogP contribution < -0.4 is 5.32 Å². The molecule has 1 atom stereocenters. The van der Waals surface area contributed by atoms with Gasteiger partial charge in [-0.2, -0.15) is 0 Å². The standard InChI is InChI=1S/C10H15N3O/c1-2-3-5-12-8-9-7-11-4-6-13(9)10(12)14/h1,9,11H,3-8H2. The number of piperazine rings is 1. The predicted molar refractivity (Wildman–Crippen MR) is 53.8 cm³/mol. The van der Waals surface area contributed by atoms with Crippen LogP contribution in [0.1, 0.15) is 6.42 Å². The molecule has 2 aliphatic heterocycles. The summed E-state index contributed by atoms with van der Waals surface area (Å²) in [5.41, 5.74) is 0. The molecule has 0 aromatic rings. The lowest BCUT2D eigenvalue weighted by Crippen LogP contribution is -2.49.